The zero-order valence-corrected chi connectivity index (χ0v) is 29.5. The molecule has 3 atom stereocenters. The molecule has 2 saturated heterocycles. The van der Waals surface area contributed by atoms with Gasteiger partial charge in [-0.1, -0.05) is 36.4 Å². The molecule has 0 spiro atoms. The molecule has 2 aromatic carbocycles. The number of hydroxylamine groups is 2. The van der Waals surface area contributed by atoms with Gasteiger partial charge in [0.15, 0.2) is 11.6 Å². The number of urea groups is 1. The Morgan fingerprint density at radius 3 is 2.44 bits per heavy atom. The van der Waals surface area contributed by atoms with Crippen molar-refractivity contribution in [2.75, 3.05) is 53.0 Å². The van der Waals surface area contributed by atoms with Crippen LogP contribution in [0.25, 0.3) is 0 Å². The van der Waals surface area contributed by atoms with Gasteiger partial charge in [0.1, 0.15) is 17.8 Å². The number of carbonyl (C=O) groups excluding carboxylic acids is 2. The lowest BCUT2D eigenvalue weighted by molar-refractivity contribution is -0.155. The molecule has 272 valence electrons. The molecule has 2 unspecified atom stereocenters. The fourth-order valence-electron chi connectivity index (χ4n) is 6.47. The lowest BCUT2D eigenvalue weighted by Gasteiger charge is -2.33. The highest BCUT2D eigenvalue weighted by molar-refractivity contribution is 5.95. The van der Waals surface area contributed by atoms with Crippen LogP contribution in [0.3, 0.4) is 0 Å². The number of benzene rings is 2. The number of likely N-dealkylation sites (tertiary alicyclic amines) is 1. The Bertz CT molecular complexity index is 1540. The van der Waals surface area contributed by atoms with Crippen LogP contribution in [-0.4, -0.2) is 92.7 Å². The van der Waals surface area contributed by atoms with Crippen molar-refractivity contribution in [2.24, 2.45) is 10.9 Å². The number of rotatable bonds is 9. The highest BCUT2D eigenvalue weighted by Gasteiger charge is 2.36. The molecule has 3 aliphatic heterocycles. The zero-order chi connectivity index (χ0) is 35.8. The number of halogens is 2. The molecule has 2 N–H and O–H groups in total. The lowest BCUT2D eigenvalue weighted by Crippen LogP contribution is -2.44. The van der Waals surface area contributed by atoms with Crippen LogP contribution in [0.15, 0.2) is 64.8 Å². The predicted molar refractivity (Wildman–Crippen MR) is 184 cm³/mol. The van der Waals surface area contributed by atoms with Crippen LogP contribution in [0.1, 0.15) is 70.1 Å². The van der Waals surface area contributed by atoms with E-state index in [4.69, 9.17) is 24.0 Å². The van der Waals surface area contributed by atoms with Crippen LogP contribution >= 0.6 is 0 Å². The Morgan fingerprint density at radius 1 is 1.02 bits per heavy atom. The van der Waals surface area contributed by atoms with Gasteiger partial charge in [-0.15, -0.1) is 0 Å². The second kappa shape index (κ2) is 16.8. The Morgan fingerprint density at radius 2 is 1.76 bits per heavy atom. The van der Waals surface area contributed by atoms with Crippen molar-refractivity contribution in [1.29, 1.82) is 0 Å². The Labute approximate surface area is 292 Å². The van der Waals surface area contributed by atoms with E-state index in [1.54, 1.807) is 17.1 Å². The number of carbonyl (C=O) groups is 2. The summed E-state index contributed by atoms with van der Waals surface area (Å²) in [5.41, 5.74) is 2.39. The van der Waals surface area contributed by atoms with Gasteiger partial charge in [-0.3, -0.25) is 9.83 Å². The number of hydrogen-bond donors (Lipinski definition) is 2. The van der Waals surface area contributed by atoms with Crippen molar-refractivity contribution in [3.63, 3.8) is 0 Å². The van der Waals surface area contributed by atoms with Gasteiger partial charge in [0.25, 0.3) is 0 Å². The van der Waals surface area contributed by atoms with E-state index in [-0.39, 0.29) is 30.6 Å². The number of methoxy groups -OCH3 is 1. The molecule has 3 heterocycles. The summed E-state index contributed by atoms with van der Waals surface area (Å²) >= 11 is 0. The Balaban J connectivity index is 1.28. The summed E-state index contributed by atoms with van der Waals surface area (Å²) in [5.74, 6) is -1.80. The maximum atomic E-state index is 14.2. The fourth-order valence-corrected chi connectivity index (χ4v) is 6.47. The average Bonchev–Trinajstić information content (AvgIpc) is 3.44. The summed E-state index contributed by atoms with van der Waals surface area (Å²) in [7, 11) is 1.59. The third-order valence-electron chi connectivity index (χ3n) is 9.04. The summed E-state index contributed by atoms with van der Waals surface area (Å²) in [4.78, 5) is 38.8. The molecule has 0 aliphatic carbocycles. The quantitative estimate of drug-likeness (QED) is 0.326. The molecular formula is C37H49F2N5O6. The number of nitrogens with zero attached hydrogens (tertiary/aromatic N) is 3. The summed E-state index contributed by atoms with van der Waals surface area (Å²) in [6, 6.07) is 13.3. The van der Waals surface area contributed by atoms with E-state index in [0.29, 0.717) is 75.8 Å². The van der Waals surface area contributed by atoms with Gasteiger partial charge in [-0.25, -0.2) is 18.4 Å². The molecule has 50 heavy (non-hydrogen) atoms. The molecule has 11 nitrogen and oxygen atoms in total. The highest BCUT2D eigenvalue weighted by Crippen LogP contribution is 2.35. The van der Waals surface area contributed by atoms with Crippen LogP contribution in [0.5, 0.6) is 0 Å². The first-order valence-corrected chi connectivity index (χ1v) is 17.3. The minimum atomic E-state index is -0.957. The van der Waals surface area contributed by atoms with Gasteiger partial charge in [0, 0.05) is 82.3 Å². The molecule has 3 amide bonds. The van der Waals surface area contributed by atoms with Crippen LogP contribution in [-0.2, 0) is 19.0 Å². The standard InChI is InChI=1S/C37H49F2N5O6/c1-24-32(42-35(45)41-22-27-23-44(19-20-47-5)50-33(27)26-11-12-30(38)31(39)21-26)29(25-9-7-6-8-10-25)13-16-40-34(24)48-28-14-17-43(18-15-28)36(46)49-37(2,3)4/h6-12,21,27-29,33H,13-20,22-23H2,1-5H3,(H2,41,42,45)/t27-,29?,33?/m1/s1. The van der Waals surface area contributed by atoms with Crippen molar-refractivity contribution >= 4 is 18.0 Å². The van der Waals surface area contributed by atoms with E-state index in [1.165, 1.54) is 6.07 Å². The van der Waals surface area contributed by atoms with E-state index in [1.807, 2.05) is 58.0 Å². The third-order valence-corrected chi connectivity index (χ3v) is 9.04. The van der Waals surface area contributed by atoms with E-state index in [0.717, 1.165) is 23.3 Å². The molecule has 0 radical (unpaired) electrons. The summed E-state index contributed by atoms with van der Waals surface area (Å²) in [5, 5.41) is 7.84. The Hall–Kier alpha value is -4.07. The van der Waals surface area contributed by atoms with Gasteiger partial charge < -0.3 is 29.7 Å². The maximum absolute atomic E-state index is 14.2. The summed E-state index contributed by atoms with van der Waals surface area (Å²) in [6.45, 7) is 10.6. The van der Waals surface area contributed by atoms with Crippen molar-refractivity contribution in [3.05, 3.63) is 82.6 Å². The van der Waals surface area contributed by atoms with Gasteiger partial charge in [0.05, 0.1) is 6.61 Å². The number of hydrogen-bond acceptors (Lipinski definition) is 8. The van der Waals surface area contributed by atoms with Crippen molar-refractivity contribution in [3.8, 4) is 0 Å². The minimum Gasteiger partial charge on any atom is -0.474 e. The summed E-state index contributed by atoms with van der Waals surface area (Å²) < 4.78 is 45.1. The monoisotopic (exact) mass is 697 g/mol. The molecule has 3 aliphatic rings. The normalized spacial score (nSPS) is 22.2. The van der Waals surface area contributed by atoms with Crippen molar-refractivity contribution in [2.45, 2.75) is 70.7 Å². The Kier molecular flexibility index (Phi) is 12.5. The van der Waals surface area contributed by atoms with Gasteiger partial charge in [-0.2, -0.15) is 5.06 Å². The maximum Gasteiger partial charge on any atom is 0.410 e. The predicted octanol–water partition coefficient (Wildman–Crippen LogP) is 6.09. The number of ether oxygens (including phenoxy) is 3. The van der Waals surface area contributed by atoms with Crippen LogP contribution in [0.4, 0.5) is 18.4 Å². The molecule has 13 heteroatoms. The van der Waals surface area contributed by atoms with Gasteiger partial charge >= 0.3 is 12.1 Å². The molecule has 5 rings (SSSR count). The largest absolute Gasteiger partial charge is 0.474 e. The number of piperidine rings is 1. The van der Waals surface area contributed by atoms with E-state index >= 15 is 0 Å². The van der Waals surface area contributed by atoms with Gasteiger partial charge in [0.2, 0.25) is 5.90 Å². The second-order valence-corrected chi connectivity index (χ2v) is 13.9. The second-order valence-electron chi connectivity index (χ2n) is 13.9. The van der Waals surface area contributed by atoms with Gasteiger partial charge in [-0.05, 0) is 57.4 Å². The van der Waals surface area contributed by atoms with Crippen LogP contribution < -0.4 is 10.6 Å². The van der Waals surface area contributed by atoms with Crippen molar-refractivity contribution in [1.82, 2.24) is 20.6 Å². The first-order valence-electron chi connectivity index (χ1n) is 17.3. The molecule has 0 bridgehead atoms. The van der Waals surface area contributed by atoms with E-state index in [9.17, 15) is 18.4 Å². The first-order chi connectivity index (χ1) is 23.9. The van der Waals surface area contributed by atoms with E-state index < -0.39 is 29.4 Å². The molecule has 2 aromatic rings. The summed E-state index contributed by atoms with van der Waals surface area (Å²) in [6.07, 6.45) is 0.839. The highest BCUT2D eigenvalue weighted by atomic mass is 19.2. The smallest absolute Gasteiger partial charge is 0.410 e. The molecule has 2 fully saturated rings. The lowest BCUT2D eigenvalue weighted by atomic mass is 9.90. The molecule has 0 saturated carbocycles. The number of aliphatic imine (C=N–C) groups is 1. The minimum absolute atomic E-state index is 0.143. The van der Waals surface area contributed by atoms with Crippen LogP contribution in [0, 0.1) is 17.6 Å². The van der Waals surface area contributed by atoms with E-state index in [2.05, 4.69) is 10.6 Å². The zero-order valence-electron chi connectivity index (χ0n) is 29.5. The molecular weight excluding hydrogens is 648 g/mol. The van der Waals surface area contributed by atoms with Crippen molar-refractivity contribution < 1.29 is 37.4 Å². The number of allylic oxidation sites excluding steroid dienone is 1. The fraction of sp³-hybridized carbons (Fsp3) is 0.541. The topological polar surface area (TPSA) is 114 Å². The molecule has 0 aromatic heterocycles. The SMILES string of the molecule is COCCN1C[C@@H](CNC(=O)NC2=C(C)C(OC3CCN(C(=O)OC(C)(C)C)CC3)=NCCC2c2ccccc2)C(c2ccc(F)c(F)c2)O1. The third kappa shape index (κ3) is 9.79. The average molecular weight is 698 g/mol. The number of amides is 3. The first kappa shape index (κ1) is 37.2. The number of nitrogens with one attached hydrogen (secondary N) is 2. The van der Waals surface area contributed by atoms with Crippen LogP contribution in [0.2, 0.25) is 0 Å².